The van der Waals surface area contributed by atoms with Gasteiger partial charge in [-0.2, -0.15) is 0 Å². The molecule has 3 nitrogen and oxygen atoms in total. The van der Waals surface area contributed by atoms with Crippen LogP contribution in [0.2, 0.25) is 0 Å². The summed E-state index contributed by atoms with van der Waals surface area (Å²) in [5, 5.41) is 0. The highest BCUT2D eigenvalue weighted by Gasteiger charge is 2.24. The first-order chi connectivity index (χ1) is 15.9. The number of benzene rings is 3. The Morgan fingerprint density at radius 3 is 2.09 bits per heavy atom. The van der Waals surface area contributed by atoms with Crippen molar-refractivity contribution < 1.29 is 4.74 Å². The first-order valence-corrected chi connectivity index (χ1v) is 12.2. The Bertz CT molecular complexity index is 975. The average molecular weight is 427 g/mol. The van der Waals surface area contributed by atoms with Crippen LogP contribution in [-0.4, -0.2) is 26.2 Å². The summed E-state index contributed by atoms with van der Waals surface area (Å²) in [4.78, 5) is 5.10. The van der Waals surface area contributed by atoms with Gasteiger partial charge >= 0.3 is 0 Å². The highest BCUT2D eigenvalue weighted by atomic mass is 16.5. The van der Waals surface area contributed by atoms with Gasteiger partial charge in [0.15, 0.2) is 0 Å². The zero-order chi connectivity index (χ0) is 21.6. The van der Waals surface area contributed by atoms with Crippen molar-refractivity contribution in [1.29, 1.82) is 0 Å². The van der Waals surface area contributed by atoms with E-state index in [1.165, 1.54) is 67.7 Å². The lowest BCUT2D eigenvalue weighted by atomic mass is 9.89. The van der Waals surface area contributed by atoms with E-state index in [1.54, 1.807) is 0 Å². The van der Waals surface area contributed by atoms with Crippen molar-refractivity contribution in [3.05, 3.63) is 90.0 Å². The molecule has 5 rings (SSSR count). The summed E-state index contributed by atoms with van der Waals surface area (Å²) in [6.45, 7) is 5.09. The number of nitrogens with zero attached hydrogens (tertiary/aromatic N) is 2. The number of rotatable bonds is 6. The van der Waals surface area contributed by atoms with Gasteiger partial charge in [-0.15, -0.1) is 0 Å². The molecule has 32 heavy (non-hydrogen) atoms. The first-order valence-electron chi connectivity index (χ1n) is 12.2. The standard InChI is InChI=1S/C29H34N2O/c1-4-10-24(11-5-1)23-32-29-15-14-27(30-18-8-3-9-19-30)22-28(29)31-20-16-26(17-21-31)25-12-6-2-7-13-25/h1-2,4-7,10-15,22,26H,3,8-9,16-21,23H2. The molecule has 2 fully saturated rings. The van der Waals surface area contributed by atoms with Gasteiger partial charge in [0, 0.05) is 31.9 Å². The van der Waals surface area contributed by atoms with Crippen LogP contribution in [0.15, 0.2) is 78.9 Å². The molecule has 0 amide bonds. The molecule has 0 atom stereocenters. The fourth-order valence-corrected chi connectivity index (χ4v) is 5.14. The molecule has 2 saturated heterocycles. The van der Waals surface area contributed by atoms with Crippen molar-refractivity contribution in [3.63, 3.8) is 0 Å². The normalized spacial score (nSPS) is 17.4. The lowest BCUT2D eigenvalue weighted by molar-refractivity contribution is 0.305. The van der Waals surface area contributed by atoms with Gasteiger partial charge < -0.3 is 14.5 Å². The van der Waals surface area contributed by atoms with E-state index in [1.807, 2.05) is 0 Å². The van der Waals surface area contributed by atoms with Gasteiger partial charge in [-0.25, -0.2) is 0 Å². The van der Waals surface area contributed by atoms with E-state index in [4.69, 9.17) is 4.74 Å². The third-order valence-corrected chi connectivity index (χ3v) is 7.01. The zero-order valence-corrected chi connectivity index (χ0v) is 19.0. The molecule has 0 aromatic heterocycles. The van der Waals surface area contributed by atoms with Crippen molar-refractivity contribution in [1.82, 2.24) is 0 Å². The maximum atomic E-state index is 6.37. The summed E-state index contributed by atoms with van der Waals surface area (Å²) in [5.41, 5.74) is 5.29. The van der Waals surface area contributed by atoms with Gasteiger partial charge in [0.2, 0.25) is 0 Å². The van der Waals surface area contributed by atoms with Gasteiger partial charge in [0.1, 0.15) is 12.4 Å². The summed E-state index contributed by atoms with van der Waals surface area (Å²) in [7, 11) is 0. The summed E-state index contributed by atoms with van der Waals surface area (Å²) < 4.78 is 6.37. The molecule has 166 valence electrons. The van der Waals surface area contributed by atoms with Gasteiger partial charge in [-0.1, -0.05) is 60.7 Å². The lowest BCUT2D eigenvalue weighted by Gasteiger charge is -2.36. The van der Waals surface area contributed by atoms with Crippen LogP contribution in [0.3, 0.4) is 0 Å². The van der Waals surface area contributed by atoms with E-state index in [0.717, 1.165) is 18.8 Å². The van der Waals surface area contributed by atoms with E-state index in [-0.39, 0.29) is 0 Å². The third kappa shape index (κ3) is 4.93. The molecule has 0 spiro atoms. The van der Waals surface area contributed by atoms with Gasteiger partial charge in [0.05, 0.1) is 5.69 Å². The van der Waals surface area contributed by atoms with Gasteiger partial charge in [0.25, 0.3) is 0 Å². The highest BCUT2D eigenvalue weighted by molar-refractivity contribution is 5.67. The molecular formula is C29H34N2O. The minimum absolute atomic E-state index is 0.609. The van der Waals surface area contributed by atoms with E-state index in [2.05, 4.69) is 88.7 Å². The van der Waals surface area contributed by atoms with Crippen LogP contribution >= 0.6 is 0 Å². The first kappa shape index (κ1) is 20.9. The number of ether oxygens (including phenoxy) is 1. The monoisotopic (exact) mass is 426 g/mol. The predicted molar refractivity (Wildman–Crippen MR) is 134 cm³/mol. The Balaban J connectivity index is 1.35. The van der Waals surface area contributed by atoms with Crippen molar-refractivity contribution in [2.24, 2.45) is 0 Å². The Hall–Kier alpha value is -2.94. The second-order valence-electron chi connectivity index (χ2n) is 9.15. The van der Waals surface area contributed by atoms with Gasteiger partial charge in [-0.05, 0) is 67.3 Å². The van der Waals surface area contributed by atoms with Crippen LogP contribution in [0.25, 0.3) is 0 Å². The predicted octanol–water partition coefficient (Wildman–Crippen LogP) is 6.64. The van der Waals surface area contributed by atoms with Crippen molar-refractivity contribution in [2.75, 3.05) is 36.0 Å². The van der Waals surface area contributed by atoms with E-state index < -0.39 is 0 Å². The highest BCUT2D eigenvalue weighted by Crippen LogP contribution is 2.38. The van der Waals surface area contributed by atoms with Crippen LogP contribution in [0.5, 0.6) is 5.75 Å². The fourth-order valence-electron chi connectivity index (χ4n) is 5.14. The molecule has 0 bridgehead atoms. The van der Waals surface area contributed by atoms with Crippen molar-refractivity contribution in [2.45, 2.75) is 44.6 Å². The molecule has 0 radical (unpaired) electrons. The van der Waals surface area contributed by atoms with Crippen LogP contribution in [-0.2, 0) is 6.61 Å². The average Bonchev–Trinajstić information content (AvgIpc) is 2.89. The Kier molecular flexibility index (Phi) is 6.62. The van der Waals surface area contributed by atoms with Crippen LogP contribution in [0.4, 0.5) is 11.4 Å². The van der Waals surface area contributed by atoms with Crippen LogP contribution < -0.4 is 14.5 Å². The largest absolute Gasteiger partial charge is 0.487 e. The smallest absolute Gasteiger partial charge is 0.143 e. The molecule has 2 aliphatic rings. The number of hydrogen-bond donors (Lipinski definition) is 0. The maximum Gasteiger partial charge on any atom is 0.143 e. The Morgan fingerprint density at radius 2 is 1.38 bits per heavy atom. The maximum absolute atomic E-state index is 6.37. The molecule has 3 heteroatoms. The summed E-state index contributed by atoms with van der Waals surface area (Å²) >= 11 is 0. The molecule has 3 aromatic carbocycles. The second kappa shape index (κ2) is 10.1. The quantitative estimate of drug-likeness (QED) is 0.439. The summed E-state index contributed by atoms with van der Waals surface area (Å²) in [5.74, 6) is 1.67. The molecule has 2 heterocycles. The number of hydrogen-bond acceptors (Lipinski definition) is 3. The van der Waals surface area contributed by atoms with E-state index in [9.17, 15) is 0 Å². The lowest BCUT2D eigenvalue weighted by Crippen LogP contribution is -2.34. The number of anilines is 2. The van der Waals surface area contributed by atoms with E-state index >= 15 is 0 Å². The van der Waals surface area contributed by atoms with Crippen molar-refractivity contribution >= 4 is 11.4 Å². The molecule has 0 saturated carbocycles. The Labute approximate surface area is 192 Å². The number of piperidine rings is 2. The third-order valence-electron chi connectivity index (χ3n) is 7.01. The minimum Gasteiger partial charge on any atom is -0.487 e. The topological polar surface area (TPSA) is 15.7 Å². The molecule has 0 unspecified atom stereocenters. The molecule has 3 aromatic rings. The van der Waals surface area contributed by atoms with Crippen LogP contribution in [0.1, 0.15) is 49.1 Å². The molecule has 0 aliphatic carbocycles. The molecule has 2 aliphatic heterocycles. The summed E-state index contributed by atoms with van der Waals surface area (Å²) in [6, 6.07) is 28.3. The Morgan fingerprint density at radius 1 is 0.688 bits per heavy atom. The van der Waals surface area contributed by atoms with Crippen LogP contribution in [0, 0.1) is 0 Å². The second-order valence-corrected chi connectivity index (χ2v) is 9.15. The SMILES string of the molecule is c1ccc(COc2ccc(N3CCCCC3)cc2N2CCC(c3ccccc3)CC2)cc1. The minimum atomic E-state index is 0.609. The molecule has 0 N–H and O–H groups in total. The van der Waals surface area contributed by atoms with Crippen molar-refractivity contribution in [3.8, 4) is 5.75 Å². The fraction of sp³-hybridized carbons (Fsp3) is 0.379. The van der Waals surface area contributed by atoms with E-state index in [0.29, 0.717) is 12.5 Å². The zero-order valence-electron chi connectivity index (χ0n) is 19.0. The summed E-state index contributed by atoms with van der Waals surface area (Å²) in [6.07, 6.45) is 6.33. The van der Waals surface area contributed by atoms with Gasteiger partial charge in [-0.3, -0.25) is 0 Å². The molecular weight excluding hydrogens is 392 g/mol.